The minimum absolute atomic E-state index is 0.491. The molecule has 16 heavy (non-hydrogen) atoms. The van der Waals surface area contributed by atoms with Crippen molar-refractivity contribution in [3.8, 4) is 11.3 Å². The lowest BCUT2D eigenvalue weighted by Gasteiger charge is -2.08. The van der Waals surface area contributed by atoms with Gasteiger partial charge in [-0.3, -0.25) is 0 Å². The second kappa shape index (κ2) is 4.88. The summed E-state index contributed by atoms with van der Waals surface area (Å²) < 4.78 is 0. The summed E-state index contributed by atoms with van der Waals surface area (Å²) >= 11 is 0. The zero-order chi connectivity index (χ0) is 11.4. The molecule has 1 aromatic carbocycles. The average Bonchev–Trinajstić information content (AvgIpc) is 2.39. The molecule has 0 aliphatic heterocycles. The predicted molar refractivity (Wildman–Crippen MR) is 66.2 cm³/mol. The summed E-state index contributed by atoms with van der Waals surface area (Å²) in [5, 5.41) is 0. The lowest BCUT2D eigenvalue weighted by molar-refractivity contribution is 0.705. The lowest BCUT2D eigenvalue weighted by atomic mass is 10.0. The molecule has 2 heteroatoms. The first-order valence-electron chi connectivity index (χ1n) is 5.68. The normalized spacial score (nSPS) is 12.4. The van der Waals surface area contributed by atoms with Gasteiger partial charge in [-0.1, -0.05) is 44.2 Å². The van der Waals surface area contributed by atoms with Crippen LogP contribution in [0.1, 0.15) is 31.9 Å². The summed E-state index contributed by atoms with van der Waals surface area (Å²) in [6, 6.07) is 12.3. The third kappa shape index (κ3) is 2.27. The molecular formula is C14H16N2. The van der Waals surface area contributed by atoms with E-state index >= 15 is 0 Å². The van der Waals surface area contributed by atoms with Crippen LogP contribution < -0.4 is 0 Å². The highest BCUT2D eigenvalue weighted by Crippen LogP contribution is 2.21. The summed E-state index contributed by atoms with van der Waals surface area (Å²) in [5.74, 6) is 0.491. The number of hydrogen-bond acceptors (Lipinski definition) is 2. The average molecular weight is 212 g/mol. The molecule has 0 bridgehead atoms. The molecule has 1 unspecified atom stereocenters. The van der Waals surface area contributed by atoms with Crippen molar-refractivity contribution >= 4 is 0 Å². The molecule has 2 nitrogen and oxygen atoms in total. The smallest absolute Gasteiger partial charge is 0.116 e. The summed E-state index contributed by atoms with van der Waals surface area (Å²) in [6.07, 6.45) is 2.76. The van der Waals surface area contributed by atoms with Crippen molar-refractivity contribution in [3.05, 3.63) is 48.4 Å². The molecule has 0 spiro atoms. The minimum Gasteiger partial charge on any atom is -0.241 e. The molecule has 2 aromatic rings. The molecule has 0 aliphatic carbocycles. The van der Waals surface area contributed by atoms with Crippen LogP contribution in [0, 0.1) is 0 Å². The maximum Gasteiger partial charge on any atom is 0.116 e. The van der Waals surface area contributed by atoms with E-state index in [1.165, 1.54) is 0 Å². The molecule has 0 saturated heterocycles. The molecule has 2 rings (SSSR count). The molecule has 1 atom stereocenters. The molecule has 1 aromatic heterocycles. The first kappa shape index (κ1) is 10.8. The van der Waals surface area contributed by atoms with Crippen LogP contribution in [0.3, 0.4) is 0 Å². The van der Waals surface area contributed by atoms with Gasteiger partial charge in [0.25, 0.3) is 0 Å². The van der Waals surface area contributed by atoms with E-state index in [0.717, 1.165) is 23.4 Å². The summed E-state index contributed by atoms with van der Waals surface area (Å²) in [5.41, 5.74) is 3.27. The van der Waals surface area contributed by atoms with Gasteiger partial charge < -0.3 is 0 Å². The highest BCUT2D eigenvalue weighted by atomic mass is 14.8. The van der Waals surface area contributed by atoms with E-state index in [2.05, 4.69) is 42.0 Å². The Labute approximate surface area is 96.4 Å². The highest BCUT2D eigenvalue weighted by Gasteiger charge is 2.06. The summed E-state index contributed by atoms with van der Waals surface area (Å²) in [4.78, 5) is 8.64. The SMILES string of the molecule is CCC(C)c1cc(-c2ccccc2)ncn1. The van der Waals surface area contributed by atoms with E-state index in [1.54, 1.807) is 6.33 Å². The topological polar surface area (TPSA) is 25.8 Å². The Kier molecular flexibility index (Phi) is 3.30. The number of benzene rings is 1. The summed E-state index contributed by atoms with van der Waals surface area (Å²) in [6.45, 7) is 4.37. The van der Waals surface area contributed by atoms with E-state index in [0.29, 0.717) is 5.92 Å². The third-order valence-electron chi connectivity index (χ3n) is 2.88. The standard InChI is InChI=1S/C14H16N2/c1-3-11(2)13-9-14(16-10-15-13)12-7-5-4-6-8-12/h4-11H,3H2,1-2H3. The van der Waals surface area contributed by atoms with Crippen molar-refractivity contribution in [3.63, 3.8) is 0 Å². The molecule has 1 heterocycles. The first-order valence-corrected chi connectivity index (χ1v) is 5.68. The van der Waals surface area contributed by atoms with Crippen molar-refractivity contribution in [1.82, 2.24) is 9.97 Å². The van der Waals surface area contributed by atoms with Crippen molar-refractivity contribution in [1.29, 1.82) is 0 Å². The van der Waals surface area contributed by atoms with E-state index in [9.17, 15) is 0 Å². The number of hydrogen-bond donors (Lipinski definition) is 0. The molecule has 0 N–H and O–H groups in total. The molecule has 82 valence electrons. The van der Waals surface area contributed by atoms with Crippen LogP contribution in [0.5, 0.6) is 0 Å². The Morgan fingerprint density at radius 3 is 2.56 bits per heavy atom. The molecular weight excluding hydrogens is 196 g/mol. The Morgan fingerprint density at radius 2 is 1.88 bits per heavy atom. The quantitative estimate of drug-likeness (QED) is 0.776. The van der Waals surface area contributed by atoms with Crippen LogP contribution in [0.4, 0.5) is 0 Å². The van der Waals surface area contributed by atoms with E-state index in [4.69, 9.17) is 0 Å². The second-order valence-corrected chi connectivity index (χ2v) is 4.00. The molecule has 0 fully saturated rings. The van der Waals surface area contributed by atoms with Gasteiger partial charge in [0, 0.05) is 11.3 Å². The van der Waals surface area contributed by atoms with Crippen molar-refractivity contribution < 1.29 is 0 Å². The van der Waals surface area contributed by atoms with Gasteiger partial charge in [0.05, 0.1) is 5.69 Å². The maximum atomic E-state index is 4.32. The second-order valence-electron chi connectivity index (χ2n) is 4.00. The van der Waals surface area contributed by atoms with E-state index < -0.39 is 0 Å². The van der Waals surface area contributed by atoms with Crippen LogP contribution in [0.2, 0.25) is 0 Å². The Morgan fingerprint density at radius 1 is 1.12 bits per heavy atom. The molecule has 0 radical (unpaired) electrons. The van der Waals surface area contributed by atoms with E-state index in [-0.39, 0.29) is 0 Å². The first-order chi connectivity index (χ1) is 7.81. The predicted octanol–water partition coefficient (Wildman–Crippen LogP) is 3.66. The highest BCUT2D eigenvalue weighted by molar-refractivity contribution is 5.58. The zero-order valence-corrected chi connectivity index (χ0v) is 9.72. The van der Waals surface area contributed by atoms with Gasteiger partial charge in [-0.15, -0.1) is 0 Å². The Bertz CT molecular complexity index is 451. The number of rotatable bonds is 3. The fourth-order valence-corrected chi connectivity index (χ4v) is 1.62. The molecule has 0 aliphatic rings. The number of nitrogens with zero attached hydrogens (tertiary/aromatic N) is 2. The Hall–Kier alpha value is -1.70. The monoisotopic (exact) mass is 212 g/mol. The van der Waals surface area contributed by atoms with Crippen molar-refractivity contribution in [2.75, 3.05) is 0 Å². The van der Waals surface area contributed by atoms with Crippen LogP contribution in [-0.2, 0) is 0 Å². The van der Waals surface area contributed by atoms with Gasteiger partial charge in [-0.2, -0.15) is 0 Å². The van der Waals surface area contributed by atoms with E-state index in [1.807, 2.05) is 18.2 Å². The minimum atomic E-state index is 0.491. The van der Waals surface area contributed by atoms with Gasteiger partial charge in [-0.05, 0) is 18.4 Å². The van der Waals surface area contributed by atoms with Gasteiger partial charge in [0.2, 0.25) is 0 Å². The zero-order valence-electron chi connectivity index (χ0n) is 9.72. The van der Waals surface area contributed by atoms with Crippen LogP contribution in [0.25, 0.3) is 11.3 Å². The van der Waals surface area contributed by atoms with Crippen LogP contribution in [-0.4, -0.2) is 9.97 Å². The third-order valence-corrected chi connectivity index (χ3v) is 2.88. The summed E-state index contributed by atoms with van der Waals surface area (Å²) in [7, 11) is 0. The Balaban J connectivity index is 2.36. The van der Waals surface area contributed by atoms with Gasteiger partial charge in [0.15, 0.2) is 0 Å². The van der Waals surface area contributed by atoms with Crippen molar-refractivity contribution in [2.24, 2.45) is 0 Å². The maximum absolute atomic E-state index is 4.32. The largest absolute Gasteiger partial charge is 0.241 e. The van der Waals surface area contributed by atoms with Gasteiger partial charge in [0.1, 0.15) is 6.33 Å². The van der Waals surface area contributed by atoms with Crippen LogP contribution >= 0.6 is 0 Å². The fourth-order valence-electron chi connectivity index (χ4n) is 1.62. The van der Waals surface area contributed by atoms with Crippen molar-refractivity contribution in [2.45, 2.75) is 26.2 Å². The fraction of sp³-hybridized carbons (Fsp3) is 0.286. The molecule has 0 saturated carbocycles. The van der Waals surface area contributed by atoms with Gasteiger partial charge in [-0.25, -0.2) is 9.97 Å². The van der Waals surface area contributed by atoms with Gasteiger partial charge >= 0.3 is 0 Å². The number of aromatic nitrogens is 2. The molecule has 0 amide bonds. The van der Waals surface area contributed by atoms with Crippen LogP contribution in [0.15, 0.2) is 42.7 Å². The lowest BCUT2D eigenvalue weighted by Crippen LogP contribution is -1.97.